The van der Waals surface area contributed by atoms with Gasteiger partial charge in [0.15, 0.2) is 0 Å². The van der Waals surface area contributed by atoms with E-state index in [1.54, 1.807) is 6.33 Å². The summed E-state index contributed by atoms with van der Waals surface area (Å²) in [6.45, 7) is 0. The van der Waals surface area contributed by atoms with Crippen LogP contribution in [0.15, 0.2) is 67.0 Å². The number of nitrogens with zero attached hydrogens (tertiary/aromatic N) is 3. The van der Waals surface area contributed by atoms with Crippen LogP contribution in [0.25, 0.3) is 5.69 Å². The van der Waals surface area contributed by atoms with Crippen LogP contribution in [0, 0.1) is 0 Å². The summed E-state index contributed by atoms with van der Waals surface area (Å²) in [4.78, 5) is 0. The molecule has 3 aromatic rings. The highest BCUT2D eigenvalue weighted by atomic mass is 15.3. The zero-order chi connectivity index (χ0) is 12.2. The normalized spacial score (nSPS) is 10.4. The van der Waals surface area contributed by atoms with Crippen LogP contribution in [0.4, 0.5) is 0 Å². The van der Waals surface area contributed by atoms with Crippen LogP contribution in [0.5, 0.6) is 0 Å². The molecule has 88 valence electrons. The van der Waals surface area contributed by atoms with Crippen molar-refractivity contribution >= 4 is 0 Å². The predicted octanol–water partition coefficient (Wildman–Crippen LogP) is 2.86. The number of benzene rings is 2. The third-order valence-electron chi connectivity index (χ3n) is 2.86. The first kappa shape index (κ1) is 10.7. The molecule has 0 atom stereocenters. The van der Waals surface area contributed by atoms with E-state index in [-0.39, 0.29) is 0 Å². The van der Waals surface area contributed by atoms with Gasteiger partial charge in [0.2, 0.25) is 0 Å². The fraction of sp³-hybridized carbons (Fsp3) is 0.0667. The summed E-state index contributed by atoms with van der Waals surface area (Å²) < 4.78 is 2.02. The molecular weight excluding hydrogens is 222 g/mol. The van der Waals surface area contributed by atoms with Crippen LogP contribution in [0.2, 0.25) is 0 Å². The van der Waals surface area contributed by atoms with Crippen LogP contribution in [-0.2, 0) is 6.42 Å². The zero-order valence-electron chi connectivity index (χ0n) is 9.90. The lowest BCUT2D eigenvalue weighted by atomic mass is 10.1. The molecule has 0 saturated carbocycles. The number of hydrogen-bond donors (Lipinski definition) is 0. The molecule has 0 bridgehead atoms. The Hall–Kier alpha value is -2.42. The topological polar surface area (TPSA) is 30.7 Å². The van der Waals surface area contributed by atoms with Gasteiger partial charge >= 0.3 is 0 Å². The predicted molar refractivity (Wildman–Crippen MR) is 70.6 cm³/mol. The maximum absolute atomic E-state index is 4.20. The molecule has 0 aliphatic heterocycles. The van der Waals surface area contributed by atoms with Gasteiger partial charge in [0.25, 0.3) is 0 Å². The summed E-state index contributed by atoms with van der Waals surface area (Å²) in [5, 5.41) is 8.21. The van der Waals surface area contributed by atoms with E-state index in [0.29, 0.717) is 0 Å². The van der Waals surface area contributed by atoms with Crippen LogP contribution in [0.3, 0.4) is 0 Å². The standard InChI is InChI=1S/C15H13N3/c1-3-7-13(8-4-1)11-15-17-16-12-18(15)14-9-5-2-6-10-14/h1-10,12H,11H2. The third kappa shape index (κ3) is 2.15. The largest absolute Gasteiger partial charge is 0.285 e. The van der Waals surface area contributed by atoms with Crippen molar-refractivity contribution in [1.29, 1.82) is 0 Å². The molecule has 1 aromatic heterocycles. The van der Waals surface area contributed by atoms with E-state index in [1.807, 2.05) is 41.0 Å². The molecular formula is C15H13N3. The quantitative estimate of drug-likeness (QED) is 0.699. The van der Waals surface area contributed by atoms with Crippen molar-refractivity contribution in [3.05, 3.63) is 78.4 Å². The number of para-hydroxylation sites is 1. The van der Waals surface area contributed by atoms with E-state index in [2.05, 4.69) is 34.5 Å². The van der Waals surface area contributed by atoms with Gasteiger partial charge in [0, 0.05) is 12.1 Å². The van der Waals surface area contributed by atoms with Gasteiger partial charge in [-0.1, -0.05) is 48.5 Å². The van der Waals surface area contributed by atoms with Crippen molar-refractivity contribution in [2.45, 2.75) is 6.42 Å². The van der Waals surface area contributed by atoms with Crippen LogP contribution >= 0.6 is 0 Å². The van der Waals surface area contributed by atoms with Crippen LogP contribution < -0.4 is 0 Å². The Balaban J connectivity index is 1.93. The smallest absolute Gasteiger partial charge is 0.141 e. The van der Waals surface area contributed by atoms with Gasteiger partial charge in [0.05, 0.1) is 0 Å². The van der Waals surface area contributed by atoms with E-state index in [0.717, 1.165) is 17.9 Å². The zero-order valence-corrected chi connectivity index (χ0v) is 9.90. The fourth-order valence-electron chi connectivity index (χ4n) is 1.96. The maximum Gasteiger partial charge on any atom is 0.141 e. The first-order chi connectivity index (χ1) is 8.93. The molecule has 3 heteroatoms. The summed E-state index contributed by atoms with van der Waals surface area (Å²) in [6, 6.07) is 20.4. The highest BCUT2D eigenvalue weighted by molar-refractivity contribution is 5.33. The molecule has 0 amide bonds. The van der Waals surface area contributed by atoms with Gasteiger partial charge in [-0.3, -0.25) is 4.57 Å². The first-order valence-electron chi connectivity index (χ1n) is 5.92. The first-order valence-corrected chi connectivity index (χ1v) is 5.92. The Morgan fingerprint density at radius 3 is 2.22 bits per heavy atom. The van der Waals surface area contributed by atoms with Crippen molar-refractivity contribution in [1.82, 2.24) is 14.8 Å². The van der Waals surface area contributed by atoms with Crippen molar-refractivity contribution in [3.8, 4) is 5.69 Å². The summed E-state index contributed by atoms with van der Waals surface area (Å²) in [5.74, 6) is 0.951. The number of aromatic nitrogens is 3. The highest BCUT2D eigenvalue weighted by Crippen LogP contribution is 2.12. The average molecular weight is 235 g/mol. The summed E-state index contributed by atoms with van der Waals surface area (Å²) >= 11 is 0. The summed E-state index contributed by atoms with van der Waals surface area (Å²) in [6.07, 6.45) is 2.54. The van der Waals surface area contributed by atoms with E-state index in [1.165, 1.54) is 5.56 Å². The second kappa shape index (κ2) is 4.84. The molecule has 3 nitrogen and oxygen atoms in total. The Labute approximate surface area is 106 Å². The molecule has 0 saturated heterocycles. The van der Waals surface area contributed by atoms with Gasteiger partial charge in [-0.05, 0) is 17.7 Å². The minimum Gasteiger partial charge on any atom is -0.285 e. The minimum atomic E-state index is 0.787. The molecule has 0 fully saturated rings. The van der Waals surface area contributed by atoms with Crippen LogP contribution in [-0.4, -0.2) is 14.8 Å². The number of hydrogen-bond acceptors (Lipinski definition) is 2. The molecule has 0 radical (unpaired) electrons. The Bertz CT molecular complexity index is 615. The van der Waals surface area contributed by atoms with Gasteiger partial charge in [0.1, 0.15) is 12.2 Å². The maximum atomic E-state index is 4.20. The van der Waals surface area contributed by atoms with Gasteiger partial charge in [-0.15, -0.1) is 10.2 Å². The Kier molecular flexibility index (Phi) is 2.88. The van der Waals surface area contributed by atoms with Crippen LogP contribution in [0.1, 0.15) is 11.4 Å². The van der Waals surface area contributed by atoms with E-state index < -0.39 is 0 Å². The highest BCUT2D eigenvalue weighted by Gasteiger charge is 2.06. The fourth-order valence-corrected chi connectivity index (χ4v) is 1.96. The molecule has 0 N–H and O–H groups in total. The van der Waals surface area contributed by atoms with Gasteiger partial charge < -0.3 is 0 Å². The lowest BCUT2D eigenvalue weighted by Gasteiger charge is -2.06. The molecule has 3 rings (SSSR count). The second-order valence-corrected chi connectivity index (χ2v) is 4.12. The lowest BCUT2D eigenvalue weighted by Crippen LogP contribution is -2.01. The molecule has 18 heavy (non-hydrogen) atoms. The molecule has 1 heterocycles. The van der Waals surface area contributed by atoms with Crippen molar-refractivity contribution in [3.63, 3.8) is 0 Å². The second-order valence-electron chi connectivity index (χ2n) is 4.12. The summed E-state index contributed by atoms with van der Waals surface area (Å²) in [5.41, 5.74) is 2.33. The molecule has 0 aliphatic carbocycles. The number of rotatable bonds is 3. The third-order valence-corrected chi connectivity index (χ3v) is 2.86. The molecule has 0 spiro atoms. The Morgan fingerprint density at radius 2 is 1.50 bits per heavy atom. The molecule has 0 aliphatic rings. The van der Waals surface area contributed by atoms with E-state index in [4.69, 9.17) is 0 Å². The summed E-state index contributed by atoms with van der Waals surface area (Å²) in [7, 11) is 0. The van der Waals surface area contributed by atoms with E-state index >= 15 is 0 Å². The lowest BCUT2D eigenvalue weighted by molar-refractivity contribution is 0.906. The monoisotopic (exact) mass is 235 g/mol. The molecule has 2 aromatic carbocycles. The SMILES string of the molecule is c1ccc(Cc2nncn2-c2ccccc2)cc1. The Morgan fingerprint density at radius 1 is 0.833 bits per heavy atom. The average Bonchev–Trinajstić information content (AvgIpc) is 2.89. The van der Waals surface area contributed by atoms with Gasteiger partial charge in [-0.25, -0.2) is 0 Å². The molecule has 0 unspecified atom stereocenters. The minimum absolute atomic E-state index is 0.787. The van der Waals surface area contributed by atoms with Gasteiger partial charge in [-0.2, -0.15) is 0 Å². The van der Waals surface area contributed by atoms with E-state index in [9.17, 15) is 0 Å². The van der Waals surface area contributed by atoms with Crippen molar-refractivity contribution in [2.75, 3.05) is 0 Å². The van der Waals surface area contributed by atoms with Crippen molar-refractivity contribution < 1.29 is 0 Å². The van der Waals surface area contributed by atoms with Crippen molar-refractivity contribution in [2.24, 2.45) is 0 Å².